The van der Waals surface area contributed by atoms with Crippen LogP contribution in [0.15, 0.2) is 34.9 Å². The molecule has 506 valence electrons. The van der Waals surface area contributed by atoms with Crippen LogP contribution in [0.25, 0.3) is 10.8 Å². The van der Waals surface area contributed by atoms with E-state index in [9.17, 15) is 45.3 Å². The normalized spacial score (nSPS) is 49.1. The molecule has 0 radical (unpaired) electrons. The van der Waals surface area contributed by atoms with Crippen molar-refractivity contribution in [3.8, 4) is 29.1 Å². The highest BCUT2D eigenvalue weighted by atomic mass is 16.7. The minimum Gasteiger partial charge on any atom is -0.507 e. The van der Waals surface area contributed by atoms with Gasteiger partial charge in [0.2, 0.25) is 6.29 Å². The number of carboxylic acids is 1. The molecular formula is C79H102N2O13. The predicted molar refractivity (Wildman–Crippen MR) is 349 cm³/mol. The number of carboxylic acid groups (broad SMARTS) is 1. The second-order valence-corrected chi connectivity index (χ2v) is 36.1. The Morgan fingerprint density at radius 2 is 1.56 bits per heavy atom. The van der Waals surface area contributed by atoms with Gasteiger partial charge in [-0.3, -0.25) is 15.6 Å². The summed E-state index contributed by atoms with van der Waals surface area (Å²) in [7, 11) is 0. The Kier molecular flexibility index (Phi) is 13.1. The SMILES string of the molecule is CC(=O)c1c(C)c(O)c2cc(C(=O)O)cc(O[C@@H]3O[C@@]4(CO)C#CC[C@H]5CCC[C@]56CC[C@@]5(CCC[C@]7(C5)O[C@@]4(C[C@@H]4C5=C7CC=C5[C@]5(CCCO)COC[C@H]7C[C@]89C[C@@]4(NN[C@H]8C[C@]4(CC8(CCCC8)[C@@H]8CCC[C@@H]%10CCC[C@@]%10%11CC[C@]84C%11)C9)[C@H]75)[C@H](O)[C@H]3O)C6)c2c1O. The number of ether oxygens (including phenoxy) is 4. The number of phenols is 2. The van der Waals surface area contributed by atoms with E-state index in [0.717, 1.165) is 88.9 Å². The number of phenolic OH excluding ortho intramolecular Hbond substituents is 2. The third kappa shape index (κ3) is 7.48. The number of carbonyl (C=O) groups is 2. The molecule has 15 heteroatoms. The molecule has 10 spiro atoms. The number of hydrazine groups is 1. The van der Waals surface area contributed by atoms with Gasteiger partial charge < -0.3 is 54.7 Å². The molecule has 2 aromatic rings. The van der Waals surface area contributed by atoms with Gasteiger partial charge in [0.25, 0.3) is 0 Å². The summed E-state index contributed by atoms with van der Waals surface area (Å²) >= 11 is 0. The van der Waals surface area contributed by atoms with Crippen molar-refractivity contribution in [3.63, 3.8) is 0 Å². The molecule has 9 N–H and O–H groups in total. The summed E-state index contributed by atoms with van der Waals surface area (Å²) in [6.45, 7) is 3.26. The molecule has 0 amide bonds. The molecule has 3 saturated heterocycles. The maximum atomic E-state index is 14.3. The van der Waals surface area contributed by atoms with Crippen LogP contribution in [0, 0.1) is 97.6 Å². The number of aliphatic hydroxyl groups excluding tert-OH is 4. The Bertz CT molecular complexity index is 3750. The van der Waals surface area contributed by atoms with Gasteiger partial charge in [0, 0.05) is 53.5 Å². The lowest BCUT2D eigenvalue weighted by Gasteiger charge is -2.72. The van der Waals surface area contributed by atoms with Gasteiger partial charge in [-0.05, 0) is 284 Å². The lowest BCUT2D eigenvalue weighted by atomic mass is 9.38. The van der Waals surface area contributed by atoms with Crippen LogP contribution < -0.4 is 15.6 Å². The van der Waals surface area contributed by atoms with Crippen LogP contribution in [0.2, 0.25) is 0 Å². The molecule has 17 aliphatic rings. The average Bonchev–Trinajstić information content (AvgIpc) is 1.41. The smallest absolute Gasteiger partial charge is 0.335 e. The summed E-state index contributed by atoms with van der Waals surface area (Å²) < 4.78 is 30.1. The molecule has 19 rings (SSSR count). The highest BCUT2D eigenvalue weighted by Gasteiger charge is 2.82. The van der Waals surface area contributed by atoms with E-state index in [1.165, 1.54) is 145 Å². The quantitative estimate of drug-likeness (QED) is 0.0679. The molecule has 2 aromatic carbocycles. The molecule has 11 saturated carbocycles. The monoisotopic (exact) mass is 1290 g/mol. The number of fused-ring (bicyclic) bond motifs is 3. The largest absolute Gasteiger partial charge is 0.507 e. The first-order valence-corrected chi connectivity index (χ1v) is 37.7. The van der Waals surface area contributed by atoms with Crippen LogP contribution in [0.5, 0.6) is 17.2 Å². The number of ketones is 1. The highest BCUT2D eigenvalue weighted by molar-refractivity contribution is 6.11. The Morgan fingerprint density at radius 3 is 2.36 bits per heavy atom. The van der Waals surface area contributed by atoms with Gasteiger partial charge in [0.15, 0.2) is 11.4 Å². The van der Waals surface area contributed by atoms with Crippen molar-refractivity contribution in [2.45, 2.75) is 273 Å². The number of benzene rings is 2. The summed E-state index contributed by atoms with van der Waals surface area (Å²) in [4.78, 5) is 26.3. The van der Waals surface area contributed by atoms with Crippen LogP contribution in [0.1, 0.15) is 245 Å². The number of carbonyl (C=O) groups excluding carboxylic acids is 1. The Morgan fingerprint density at radius 1 is 0.787 bits per heavy atom. The molecular weight excluding hydrogens is 1180 g/mol. The van der Waals surface area contributed by atoms with E-state index in [1.54, 1.807) is 0 Å². The number of hydrogen-bond acceptors (Lipinski definition) is 14. The van der Waals surface area contributed by atoms with Crippen LogP contribution in [0.3, 0.4) is 0 Å². The Labute approximate surface area is 553 Å². The van der Waals surface area contributed by atoms with E-state index in [4.69, 9.17) is 18.9 Å². The van der Waals surface area contributed by atoms with E-state index in [-0.39, 0.29) is 91.7 Å². The Balaban J connectivity index is 0.809. The van der Waals surface area contributed by atoms with E-state index in [1.807, 2.05) is 0 Å². The topological polar surface area (TPSA) is 237 Å². The zero-order valence-corrected chi connectivity index (χ0v) is 55.7. The third-order valence-electron chi connectivity index (χ3n) is 32.9. The van der Waals surface area contributed by atoms with Gasteiger partial charge in [-0.25, -0.2) is 4.79 Å². The van der Waals surface area contributed by atoms with E-state index >= 15 is 0 Å². The summed E-state index contributed by atoms with van der Waals surface area (Å²) in [6, 6.07) is 2.63. The molecule has 5 heterocycles. The van der Waals surface area contributed by atoms with Gasteiger partial charge in [-0.2, -0.15) is 0 Å². The fraction of sp³-hybridized carbons (Fsp3) is 0.772. The molecule has 8 bridgehead atoms. The van der Waals surface area contributed by atoms with Gasteiger partial charge >= 0.3 is 5.97 Å². The summed E-state index contributed by atoms with van der Waals surface area (Å²) in [5, 5.41) is 86.2. The highest BCUT2D eigenvalue weighted by Crippen LogP contribution is 2.86. The number of hydrogen-bond donors (Lipinski definition) is 9. The molecule has 21 atom stereocenters. The van der Waals surface area contributed by atoms with Gasteiger partial charge in [-0.15, -0.1) is 0 Å². The van der Waals surface area contributed by atoms with Crippen molar-refractivity contribution in [2.24, 2.45) is 78.8 Å². The molecule has 0 aromatic heterocycles. The maximum Gasteiger partial charge on any atom is 0.335 e. The van der Waals surface area contributed by atoms with Crippen molar-refractivity contribution in [2.75, 3.05) is 26.4 Å². The van der Waals surface area contributed by atoms with Crippen molar-refractivity contribution >= 4 is 22.5 Å². The fourth-order valence-corrected chi connectivity index (χ4v) is 30.3. The molecule has 5 aliphatic heterocycles. The second kappa shape index (κ2) is 20.1. The van der Waals surface area contributed by atoms with Crippen molar-refractivity contribution in [3.05, 3.63) is 51.6 Å². The Hall–Kier alpha value is -4.08. The lowest BCUT2D eigenvalue weighted by molar-refractivity contribution is -0.370. The molecule has 0 unspecified atom stereocenters. The van der Waals surface area contributed by atoms with Gasteiger partial charge in [0.1, 0.15) is 35.1 Å². The number of aromatic carboxylic acids is 1. The summed E-state index contributed by atoms with van der Waals surface area (Å²) in [6.07, 6.45) is 33.5. The standard InChI is InChI=1S/C79H102N2O13/c1-45-58(46(2)84)62(86)59-51(61(45)85)31-47(66(89)90)32-55(59)92-67-63(87)65(88)79-34-54-60-52(16-17-53(60)76(94-79)24-9-18-68(38-76)26-27-69(37-68)21-6-13-50(69)14-8-25-77(79,43-83)93-67)74(23-10-30-82)44-91-36-48-33-72-40-73(35-57(72)80-81-78(54,42-72)64(48)74)39-71(19-3-4-20-71)56-15-5-11-49-12-7-22-70(49)28-29-75(56,73)41-70/h16,31-32,48-50,54,56-57,63-65,67,80-83,85-88H,3-7,9-15,17-24,26-30,33-44H2,1-2H3,(H,89,90)/t48-,49-,50-,54-,56+,57+,63-,64-,65-,67-,68+,69-,70+,72+,73+,74+,75+,76-,77-,78+,79+/m1/s1. The number of allylic oxidation sites excluding steroid dienone is 1. The summed E-state index contributed by atoms with van der Waals surface area (Å²) in [5.74, 6) is 5.97. The molecule has 12 aliphatic carbocycles. The molecule has 15 nitrogen and oxygen atoms in total. The van der Waals surface area contributed by atoms with Crippen LogP contribution >= 0.6 is 0 Å². The number of rotatable bonds is 8. The molecule has 94 heavy (non-hydrogen) atoms. The zero-order valence-electron chi connectivity index (χ0n) is 55.7. The second-order valence-electron chi connectivity index (χ2n) is 36.1. The molecule has 14 fully saturated rings. The number of aromatic hydroxyl groups is 2. The van der Waals surface area contributed by atoms with Crippen LogP contribution in [0.4, 0.5) is 0 Å². The van der Waals surface area contributed by atoms with Crippen molar-refractivity contribution < 1.29 is 64.3 Å². The number of aliphatic hydroxyl groups is 4. The average molecular weight is 1290 g/mol. The van der Waals surface area contributed by atoms with Gasteiger partial charge in [0.05, 0.1) is 35.3 Å². The maximum absolute atomic E-state index is 14.3. The lowest BCUT2D eigenvalue weighted by Crippen LogP contribution is -2.82. The predicted octanol–water partition coefficient (Wildman–Crippen LogP) is 12.3. The van der Waals surface area contributed by atoms with Crippen molar-refractivity contribution in [1.82, 2.24) is 10.9 Å². The number of Topliss-reactive ketones (excluding diaryl/α,β-unsaturated/α-hetero) is 1. The van der Waals surface area contributed by atoms with E-state index in [2.05, 4.69) is 28.8 Å². The first-order chi connectivity index (χ1) is 45.2. The van der Waals surface area contributed by atoms with Crippen LogP contribution in [-0.2, 0) is 14.2 Å². The summed E-state index contributed by atoms with van der Waals surface area (Å²) in [5.41, 5.74) is 7.53. The minimum atomic E-state index is -2.08. The van der Waals surface area contributed by atoms with Gasteiger partial charge in [-0.1, -0.05) is 50.0 Å². The van der Waals surface area contributed by atoms with E-state index < -0.39 is 76.1 Å². The fourth-order valence-electron chi connectivity index (χ4n) is 30.3. The first-order valence-electron chi connectivity index (χ1n) is 37.7. The van der Waals surface area contributed by atoms with Crippen molar-refractivity contribution in [1.29, 1.82) is 0 Å². The van der Waals surface area contributed by atoms with Crippen LogP contribution in [-0.4, -0.2) is 121 Å². The number of nitrogens with one attached hydrogen (secondary N) is 2. The zero-order chi connectivity index (χ0) is 64.2. The minimum absolute atomic E-state index is 0.0426. The van der Waals surface area contributed by atoms with E-state index in [0.29, 0.717) is 61.1 Å². The first kappa shape index (κ1) is 61.0. The third-order valence-corrected chi connectivity index (χ3v) is 32.9.